The van der Waals surface area contributed by atoms with Crippen LogP contribution in [0.3, 0.4) is 0 Å². The molecule has 1 aliphatic carbocycles. The van der Waals surface area contributed by atoms with Gasteiger partial charge in [0.25, 0.3) is 5.91 Å². The molecule has 1 heterocycles. The van der Waals surface area contributed by atoms with Crippen LogP contribution in [0.5, 0.6) is 0 Å². The molecule has 0 radical (unpaired) electrons. The second-order valence-electron chi connectivity index (χ2n) is 9.72. The van der Waals surface area contributed by atoms with Crippen molar-refractivity contribution >= 4 is 63.5 Å². The number of benzene rings is 2. The molecule has 3 aromatic rings. The molecule has 0 spiro atoms. The summed E-state index contributed by atoms with van der Waals surface area (Å²) in [5, 5.41) is 24.1. The Labute approximate surface area is 250 Å². The molecule has 12 heteroatoms. The average Bonchev–Trinajstić information content (AvgIpc) is 3.27. The minimum Gasteiger partial charge on any atom is -0.478 e. The largest absolute Gasteiger partial charge is 0.478 e. The first kappa shape index (κ1) is 30.8. The molecule has 1 unspecified atom stereocenters. The topological polar surface area (TPSA) is 159 Å². The number of carboxylic acid groups (broad SMARTS) is 2. The van der Waals surface area contributed by atoms with Crippen molar-refractivity contribution in [1.29, 1.82) is 0 Å². The monoisotopic (exact) mass is 610 g/mol. The number of carboxylic acids is 2. The van der Waals surface area contributed by atoms with Crippen LogP contribution in [0.2, 0.25) is 0 Å². The number of fused-ring (bicyclic) bond motifs is 1. The quantitative estimate of drug-likeness (QED) is 0.169. The maximum absolute atomic E-state index is 13.2. The van der Waals surface area contributed by atoms with Gasteiger partial charge in [0, 0.05) is 15.5 Å². The summed E-state index contributed by atoms with van der Waals surface area (Å²) in [5.41, 5.74) is 0.895. The fourth-order valence-corrected chi connectivity index (χ4v) is 6.90. The van der Waals surface area contributed by atoms with Crippen LogP contribution in [0.25, 0.3) is 0 Å². The molecule has 1 aromatic heterocycles. The Morgan fingerprint density at radius 3 is 2.33 bits per heavy atom. The van der Waals surface area contributed by atoms with E-state index in [2.05, 4.69) is 10.6 Å². The highest BCUT2D eigenvalue weighted by Gasteiger charge is 2.27. The Morgan fingerprint density at radius 2 is 1.64 bits per heavy atom. The number of thioether (sulfide) groups is 1. The third-order valence-electron chi connectivity index (χ3n) is 6.81. The maximum Gasteiger partial charge on any atom is 0.341 e. The first-order chi connectivity index (χ1) is 20.1. The first-order valence-corrected chi connectivity index (χ1v) is 15.0. The third-order valence-corrected chi connectivity index (χ3v) is 9.11. The summed E-state index contributed by atoms with van der Waals surface area (Å²) in [6.45, 7) is 1.73. The molecule has 2 amide bonds. The minimum atomic E-state index is -1.43. The highest BCUT2D eigenvalue weighted by atomic mass is 32.2. The molecular formula is C30H30N2O8S2. The number of rotatable bonds is 9. The molecule has 2 aromatic carbocycles. The molecule has 1 atom stereocenters. The van der Waals surface area contributed by atoms with Crippen molar-refractivity contribution < 1.29 is 38.9 Å². The van der Waals surface area contributed by atoms with Crippen molar-refractivity contribution in [1.82, 2.24) is 0 Å². The van der Waals surface area contributed by atoms with E-state index in [9.17, 15) is 29.1 Å². The van der Waals surface area contributed by atoms with Gasteiger partial charge in [-0.15, -0.1) is 23.1 Å². The molecular weight excluding hydrogens is 580 g/mol. The Balaban J connectivity index is 1.47. The Bertz CT molecular complexity index is 1550. The fourth-order valence-electron chi connectivity index (χ4n) is 4.69. The van der Waals surface area contributed by atoms with Crippen molar-refractivity contribution in [2.24, 2.45) is 0 Å². The smallest absolute Gasteiger partial charge is 0.341 e. The van der Waals surface area contributed by atoms with Crippen LogP contribution in [0, 0.1) is 0 Å². The number of anilines is 2. The molecule has 0 fully saturated rings. The number of hydrogen-bond acceptors (Lipinski definition) is 8. The van der Waals surface area contributed by atoms with Crippen LogP contribution >= 0.6 is 23.1 Å². The highest BCUT2D eigenvalue weighted by Crippen LogP contribution is 2.38. The number of amides is 2. The summed E-state index contributed by atoms with van der Waals surface area (Å²) in [7, 11) is 1.33. The molecule has 0 bridgehead atoms. The lowest BCUT2D eigenvalue weighted by molar-refractivity contribution is -0.115. The lowest BCUT2D eigenvalue weighted by Crippen LogP contribution is -2.23. The molecule has 4 N–H and O–H groups in total. The summed E-state index contributed by atoms with van der Waals surface area (Å²) in [6.07, 6.45) is 5.88. The van der Waals surface area contributed by atoms with Crippen LogP contribution in [0.1, 0.15) is 84.5 Å². The van der Waals surface area contributed by atoms with E-state index in [4.69, 9.17) is 9.84 Å². The van der Waals surface area contributed by atoms with Crippen LogP contribution in [-0.4, -0.2) is 52.3 Å². The van der Waals surface area contributed by atoms with Crippen LogP contribution < -0.4 is 10.6 Å². The second kappa shape index (κ2) is 13.7. The Kier molecular flexibility index (Phi) is 10.0. The van der Waals surface area contributed by atoms with Crippen molar-refractivity contribution in [3.8, 4) is 0 Å². The number of thiophene rings is 1. The number of ether oxygens (including phenoxy) is 1. The number of aryl methyl sites for hydroxylation is 1. The van der Waals surface area contributed by atoms with Gasteiger partial charge in [0.2, 0.25) is 5.91 Å². The zero-order chi connectivity index (χ0) is 30.4. The van der Waals surface area contributed by atoms with Gasteiger partial charge in [-0.3, -0.25) is 9.59 Å². The van der Waals surface area contributed by atoms with Gasteiger partial charge in [0.05, 0.1) is 34.6 Å². The molecule has 10 nitrogen and oxygen atoms in total. The Morgan fingerprint density at radius 1 is 0.905 bits per heavy atom. The molecule has 220 valence electrons. The Hall–Kier alpha value is -4.16. The van der Waals surface area contributed by atoms with Gasteiger partial charge in [0.1, 0.15) is 5.00 Å². The van der Waals surface area contributed by atoms with Crippen LogP contribution in [0.15, 0.2) is 47.4 Å². The van der Waals surface area contributed by atoms with E-state index < -0.39 is 34.6 Å². The molecule has 0 saturated heterocycles. The van der Waals surface area contributed by atoms with Gasteiger partial charge in [-0.2, -0.15) is 0 Å². The number of hydrogen-bond donors (Lipinski definition) is 4. The number of nitrogens with one attached hydrogen (secondary N) is 2. The molecule has 0 saturated carbocycles. The van der Waals surface area contributed by atoms with Crippen molar-refractivity contribution in [3.63, 3.8) is 0 Å². The number of carbonyl (C=O) groups excluding carboxylic acids is 3. The van der Waals surface area contributed by atoms with E-state index in [1.807, 2.05) is 0 Å². The van der Waals surface area contributed by atoms with Gasteiger partial charge in [-0.1, -0.05) is 18.9 Å². The summed E-state index contributed by atoms with van der Waals surface area (Å²) in [4.78, 5) is 63.4. The van der Waals surface area contributed by atoms with E-state index in [1.54, 1.807) is 31.2 Å². The van der Waals surface area contributed by atoms with Crippen molar-refractivity contribution in [2.45, 2.75) is 55.6 Å². The van der Waals surface area contributed by atoms with E-state index in [1.165, 1.54) is 30.2 Å². The van der Waals surface area contributed by atoms with E-state index in [-0.39, 0.29) is 17.0 Å². The molecule has 0 aliphatic heterocycles. The summed E-state index contributed by atoms with van der Waals surface area (Å²) < 4.78 is 5.04. The SMILES string of the molecule is COC(=O)c1c(NC(=O)C(C)Sc2cccc(NC(=O)c3ccc(C(=O)O)cc3C(=O)O)c2)sc2c1CCCCCC2. The summed E-state index contributed by atoms with van der Waals surface area (Å²) in [6, 6.07) is 9.97. The lowest BCUT2D eigenvalue weighted by Gasteiger charge is -2.14. The van der Waals surface area contributed by atoms with Gasteiger partial charge < -0.3 is 25.6 Å². The van der Waals surface area contributed by atoms with Gasteiger partial charge >= 0.3 is 17.9 Å². The van der Waals surface area contributed by atoms with Crippen LogP contribution in [-0.2, 0) is 22.4 Å². The van der Waals surface area contributed by atoms with Gasteiger partial charge in [-0.25, -0.2) is 14.4 Å². The highest BCUT2D eigenvalue weighted by molar-refractivity contribution is 8.00. The number of carbonyl (C=O) groups is 5. The maximum atomic E-state index is 13.2. The van der Waals surface area contributed by atoms with Crippen molar-refractivity contribution in [3.05, 3.63) is 75.2 Å². The summed E-state index contributed by atoms with van der Waals surface area (Å²) in [5.74, 6) is -4.21. The molecule has 1 aliphatic rings. The predicted octanol–water partition coefficient (Wildman–Crippen LogP) is 5.96. The third kappa shape index (κ3) is 7.18. The van der Waals surface area contributed by atoms with E-state index >= 15 is 0 Å². The minimum absolute atomic E-state index is 0.190. The number of aromatic carboxylic acids is 2. The second-order valence-corrected chi connectivity index (χ2v) is 12.2. The number of methoxy groups -OCH3 is 1. The zero-order valence-electron chi connectivity index (χ0n) is 23.0. The number of esters is 1. The van der Waals surface area contributed by atoms with E-state index in [0.29, 0.717) is 21.1 Å². The van der Waals surface area contributed by atoms with Gasteiger partial charge in [0.15, 0.2) is 0 Å². The normalized spacial score (nSPS) is 13.6. The fraction of sp³-hybridized carbons (Fsp3) is 0.300. The predicted molar refractivity (Wildman–Crippen MR) is 160 cm³/mol. The molecule has 4 rings (SSSR count). The average molecular weight is 611 g/mol. The first-order valence-electron chi connectivity index (χ1n) is 13.3. The zero-order valence-corrected chi connectivity index (χ0v) is 24.7. The molecule has 42 heavy (non-hydrogen) atoms. The van der Waals surface area contributed by atoms with Crippen LogP contribution in [0.4, 0.5) is 10.7 Å². The lowest BCUT2D eigenvalue weighted by atomic mass is 9.96. The summed E-state index contributed by atoms with van der Waals surface area (Å²) >= 11 is 2.68. The standard InChI is InChI=1S/C30H30N2O8S2/c1-16(25(33)32-27-24(30(39)40-2)21-10-5-3-4-6-11-23(21)42-27)41-19-9-7-8-18(15-19)31-26(34)20-13-12-17(28(35)36)14-22(20)29(37)38/h7-9,12-16H,3-6,10-11H2,1-2H3,(H,31,34)(H,32,33)(H,35,36)(H,37,38). The van der Waals surface area contributed by atoms with E-state index in [0.717, 1.165) is 67.2 Å². The van der Waals surface area contributed by atoms with Gasteiger partial charge in [-0.05, 0) is 74.6 Å². The van der Waals surface area contributed by atoms with Crippen molar-refractivity contribution in [2.75, 3.05) is 17.7 Å².